The summed E-state index contributed by atoms with van der Waals surface area (Å²) in [6.07, 6.45) is 6.66. The third-order valence-corrected chi connectivity index (χ3v) is 3.08. The van der Waals surface area contributed by atoms with E-state index in [1.807, 2.05) is 6.20 Å². The number of nitrogens with zero attached hydrogens (tertiary/aromatic N) is 3. The first-order chi connectivity index (χ1) is 6.79. The average molecular weight is 210 g/mol. The van der Waals surface area contributed by atoms with E-state index in [0.717, 1.165) is 25.2 Å². The van der Waals surface area contributed by atoms with Gasteiger partial charge in [0.2, 0.25) is 0 Å². The predicted octanol–water partition coefficient (Wildman–Crippen LogP) is 2.32. The zero-order valence-corrected chi connectivity index (χ0v) is 8.67. The Hall–Kier alpha value is -1.01. The van der Waals surface area contributed by atoms with E-state index >= 15 is 0 Å². The first-order valence-corrected chi connectivity index (χ1v) is 5.26. The summed E-state index contributed by atoms with van der Waals surface area (Å²) in [6.45, 7) is 0.891. The molecule has 1 aromatic rings. The summed E-state index contributed by atoms with van der Waals surface area (Å²) < 4.78 is 2.07. The molecule has 1 aliphatic carbocycles. The van der Waals surface area contributed by atoms with Crippen LogP contribution in [-0.4, -0.2) is 9.55 Å². The molecular weight excluding hydrogens is 198 g/mol. The molecule has 1 aliphatic rings. The molecule has 74 valence electrons. The van der Waals surface area contributed by atoms with Gasteiger partial charge >= 0.3 is 0 Å². The zero-order chi connectivity index (χ0) is 10.0. The SMILES string of the molecule is N#CCC1(Cn2ccnc2CCl)CC1. The van der Waals surface area contributed by atoms with Gasteiger partial charge in [0.1, 0.15) is 5.82 Å². The molecular formula is C10H12ClN3. The zero-order valence-electron chi connectivity index (χ0n) is 7.91. The molecule has 14 heavy (non-hydrogen) atoms. The van der Waals surface area contributed by atoms with Crippen LogP contribution in [0.25, 0.3) is 0 Å². The van der Waals surface area contributed by atoms with Crippen molar-refractivity contribution in [3.63, 3.8) is 0 Å². The van der Waals surface area contributed by atoms with Crippen LogP contribution in [0.5, 0.6) is 0 Å². The van der Waals surface area contributed by atoms with E-state index in [2.05, 4.69) is 15.6 Å². The van der Waals surface area contributed by atoms with Crippen LogP contribution in [0.4, 0.5) is 0 Å². The van der Waals surface area contributed by atoms with Gasteiger partial charge in [0.05, 0.1) is 11.9 Å². The minimum Gasteiger partial charge on any atom is -0.333 e. The van der Waals surface area contributed by atoms with Gasteiger partial charge in [0, 0.05) is 30.8 Å². The summed E-state index contributed by atoms with van der Waals surface area (Å²) in [5.41, 5.74) is 0.219. The molecule has 4 heteroatoms. The molecule has 2 rings (SSSR count). The van der Waals surface area contributed by atoms with Crippen LogP contribution < -0.4 is 0 Å². The monoisotopic (exact) mass is 209 g/mol. The van der Waals surface area contributed by atoms with Crippen LogP contribution in [0.2, 0.25) is 0 Å². The van der Waals surface area contributed by atoms with Crippen LogP contribution in [0.1, 0.15) is 25.1 Å². The van der Waals surface area contributed by atoms with Crippen molar-refractivity contribution in [2.45, 2.75) is 31.7 Å². The van der Waals surface area contributed by atoms with Crippen LogP contribution in [0.3, 0.4) is 0 Å². The normalized spacial score (nSPS) is 17.7. The lowest BCUT2D eigenvalue weighted by Crippen LogP contribution is -2.12. The number of hydrogen-bond acceptors (Lipinski definition) is 2. The summed E-state index contributed by atoms with van der Waals surface area (Å²) in [5, 5.41) is 8.70. The van der Waals surface area contributed by atoms with Crippen molar-refractivity contribution in [3.8, 4) is 6.07 Å². The van der Waals surface area contributed by atoms with Gasteiger partial charge in [-0.2, -0.15) is 5.26 Å². The first-order valence-electron chi connectivity index (χ1n) is 4.73. The Morgan fingerprint density at radius 1 is 1.64 bits per heavy atom. The molecule has 0 bridgehead atoms. The molecule has 0 spiro atoms. The second-order valence-electron chi connectivity index (χ2n) is 3.94. The number of rotatable bonds is 4. The molecule has 1 saturated carbocycles. The summed E-state index contributed by atoms with van der Waals surface area (Å²) in [7, 11) is 0. The van der Waals surface area contributed by atoms with Crippen LogP contribution in [0.15, 0.2) is 12.4 Å². The third kappa shape index (κ3) is 1.76. The number of aromatic nitrogens is 2. The molecule has 1 heterocycles. The lowest BCUT2D eigenvalue weighted by atomic mass is 10.0. The van der Waals surface area contributed by atoms with Gasteiger partial charge in [-0.15, -0.1) is 11.6 Å². The summed E-state index contributed by atoms with van der Waals surface area (Å²) >= 11 is 5.75. The predicted molar refractivity (Wildman–Crippen MR) is 53.7 cm³/mol. The molecule has 1 aromatic heterocycles. The van der Waals surface area contributed by atoms with Gasteiger partial charge in [-0.3, -0.25) is 0 Å². The molecule has 0 aliphatic heterocycles. The van der Waals surface area contributed by atoms with E-state index in [0.29, 0.717) is 12.3 Å². The smallest absolute Gasteiger partial charge is 0.123 e. The fourth-order valence-corrected chi connectivity index (χ4v) is 1.93. The van der Waals surface area contributed by atoms with E-state index in [-0.39, 0.29) is 5.41 Å². The fraction of sp³-hybridized carbons (Fsp3) is 0.600. The average Bonchev–Trinajstić information content (AvgIpc) is 2.79. The van der Waals surface area contributed by atoms with Crippen molar-refractivity contribution in [3.05, 3.63) is 18.2 Å². The Balaban J connectivity index is 2.08. The second-order valence-corrected chi connectivity index (χ2v) is 4.21. The molecule has 0 amide bonds. The van der Waals surface area contributed by atoms with E-state index < -0.39 is 0 Å². The van der Waals surface area contributed by atoms with Crippen molar-refractivity contribution >= 4 is 11.6 Å². The number of nitriles is 1. The lowest BCUT2D eigenvalue weighted by molar-refractivity contribution is 0.425. The summed E-state index contributed by atoms with van der Waals surface area (Å²) in [4.78, 5) is 4.15. The van der Waals surface area contributed by atoms with Crippen molar-refractivity contribution in [1.29, 1.82) is 5.26 Å². The highest BCUT2D eigenvalue weighted by atomic mass is 35.5. The maximum absolute atomic E-state index is 8.70. The Morgan fingerprint density at radius 3 is 3.00 bits per heavy atom. The van der Waals surface area contributed by atoms with E-state index in [1.165, 1.54) is 0 Å². The number of halogens is 1. The number of imidazole rings is 1. The third-order valence-electron chi connectivity index (χ3n) is 2.84. The van der Waals surface area contributed by atoms with Crippen LogP contribution in [-0.2, 0) is 12.4 Å². The Morgan fingerprint density at radius 2 is 2.43 bits per heavy atom. The highest BCUT2D eigenvalue weighted by Crippen LogP contribution is 2.50. The Labute approximate surface area is 88.3 Å². The minimum absolute atomic E-state index is 0.219. The maximum atomic E-state index is 8.70. The quantitative estimate of drug-likeness (QED) is 0.715. The molecule has 0 aromatic carbocycles. The molecule has 3 nitrogen and oxygen atoms in total. The van der Waals surface area contributed by atoms with Crippen molar-refractivity contribution in [1.82, 2.24) is 9.55 Å². The van der Waals surface area contributed by atoms with Crippen LogP contribution in [0, 0.1) is 16.7 Å². The molecule has 1 fully saturated rings. The highest BCUT2D eigenvalue weighted by Gasteiger charge is 2.42. The van der Waals surface area contributed by atoms with E-state index in [4.69, 9.17) is 16.9 Å². The van der Waals surface area contributed by atoms with Crippen LogP contribution >= 0.6 is 11.6 Å². The van der Waals surface area contributed by atoms with Gasteiger partial charge in [-0.05, 0) is 12.8 Å². The Bertz CT molecular complexity index is 360. The Kier molecular flexibility index (Phi) is 2.47. The summed E-state index contributed by atoms with van der Waals surface area (Å²) in [5.74, 6) is 1.34. The topological polar surface area (TPSA) is 41.6 Å². The minimum atomic E-state index is 0.219. The van der Waals surface area contributed by atoms with Crippen molar-refractivity contribution in [2.75, 3.05) is 0 Å². The molecule has 0 unspecified atom stereocenters. The number of alkyl halides is 1. The van der Waals surface area contributed by atoms with Gasteiger partial charge in [0.15, 0.2) is 0 Å². The fourth-order valence-electron chi connectivity index (χ4n) is 1.71. The number of hydrogen-bond donors (Lipinski definition) is 0. The van der Waals surface area contributed by atoms with Gasteiger partial charge in [-0.25, -0.2) is 4.98 Å². The largest absolute Gasteiger partial charge is 0.333 e. The first kappa shape index (κ1) is 9.54. The van der Waals surface area contributed by atoms with Crippen molar-refractivity contribution < 1.29 is 0 Å². The highest BCUT2D eigenvalue weighted by molar-refractivity contribution is 6.16. The maximum Gasteiger partial charge on any atom is 0.123 e. The lowest BCUT2D eigenvalue weighted by Gasteiger charge is -2.13. The second kappa shape index (κ2) is 3.62. The molecule has 0 N–H and O–H groups in total. The van der Waals surface area contributed by atoms with E-state index in [9.17, 15) is 0 Å². The standard InChI is InChI=1S/C10H12ClN3/c11-7-9-13-5-6-14(9)8-10(1-2-10)3-4-12/h5-6H,1-3,7-8H2. The van der Waals surface area contributed by atoms with Gasteiger partial charge < -0.3 is 4.57 Å². The van der Waals surface area contributed by atoms with Crippen molar-refractivity contribution in [2.24, 2.45) is 5.41 Å². The van der Waals surface area contributed by atoms with Gasteiger partial charge in [-0.1, -0.05) is 0 Å². The molecule has 0 atom stereocenters. The summed E-state index contributed by atoms with van der Waals surface area (Å²) in [6, 6.07) is 2.25. The molecule has 0 radical (unpaired) electrons. The van der Waals surface area contributed by atoms with Gasteiger partial charge in [0.25, 0.3) is 0 Å². The molecule has 0 saturated heterocycles. The van der Waals surface area contributed by atoms with E-state index in [1.54, 1.807) is 6.20 Å².